The second kappa shape index (κ2) is 8.25. The molecule has 0 unspecified atom stereocenters. The van der Waals surface area contributed by atoms with Crippen LogP contribution in [-0.2, 0) is 9.59 Å². The lowest BCUT2D eigenvalue weighted by molar-refractivity contribution is -0.121. The maximum absolute atomic E-state index is 11.7. The maximum Gasteiger partial charge on any atom is 0.223 e. The predicted octanol–water partition coefficient (Wildman–Crippen LogP) is 3.51. The Morgan fingerprint density at radius 3 is 2.43 bits per heavy atom. The lowest BCUT2D eigenvalue weighted by Crippen LogP contribution is -2.34. The number of anilines is 1. The fourth-order valence-corrected chi connectivity index (χ4v) is 2.03. The molecule has 116 valence electrons. The third-order valence-corrected chi connectivity index (χ3v) is 3.60. The molecule has 1 aromatic carbocycles. The van der Waals surface area contributed by atoms with Gasteiger partial charge in [-0.25, -0.2) is 0 Å². The average Bonchev–Trinajstić information content (AvgIpc) is 2.40. The molecule has 0 fully saturated rings. The molecular weight excluding hydrogens is 311 g/mol. The highest BCUT2D eigenvalue weighted by Crippen LogP contribution is 2.27. The molecule has 0 spiro atoms. The van der Waals surface area contributed by atoms with Crippen molar-refractivity contribution in [3.05, 3.63) is 28.2 Å². The molecule has 2 amide bonds. The van der Waals surface area contributed by atoms with Gasteiger partial charge in [0.15, 0.2) is 0 Å². The van der Waals surface area contributed by atoms with Gasteiger partial charge in [-0.05, 0) is 24.1 Å². The largest absolute Gasteiger partial charge is 0.356 e. The summed E-state index contributed by atoms with van der Waals surface area (Å²) < 4.78 is 0. The van der Waals surface area contributed by atoms with Gasteiger partial charge in [-0.15, -0.1) is 0 Å². The van der Waals surface area contributed by atoms with E-state index in [2.05, 4.69) is 5.32 Å². The van der Waals surface area contributed by atoms with Crippen molar-refractivity contribution in [2.24, 2.45) is 5.92 Å². The van der Waals surface area contributed by atoms with Crippen molar-refractivity contribution in [1.29, 1.82) is 0 Å². The third kappa shape index (κ3) is 5.94. The van der Waals surface area contributed by atoms with E-state index in [-0.39, 0.29) is 18.2 Å². The average molecular weight is 331 g/mol. The second-order valence-corrected chi connectivity index (χ2v) is 6.03. The molecular formula is C15H20Cl2N2O2. The fraction of sp³-hybridized carbons (Fsp3) is 0.467. The van der Waals surface area contributed by atoms with Crippen LogP contribution in [-0.4, -0.2) is 24.9 Å². The van der Waals surface area contributed by atoms with Crippen molar-refractivity contribution in [3.63, 3.8) is 0 Å². The summed E-state index contributed by atoms with van der Waals surface area (Å²) in [6.07, 6.45) is 0.243. The van der Waals surface area contributed by atoms with Gasteiger partial charge in [-0.1, -0.05) is 37.0 Å². The molecule has 0 atom stereocenters. The highest BCUT2D eigenvalue weighted by molar-refractivity contribution is 6.42. The molecule has 4 nitrogen and oxygen atoms in total. The zero-order chi connectivity index (χ0) is 16.0. The van der Waals surface area contributed by atoms with Crippen LogP contribution in [0.25, 0.3) is 0 Å². The predicted molar refractivity (Wildman–Crippen MR) is 87.0 cm³/mol. The Kier molecular flexibility index (Phi) is 6.99. The van der Waals surface area contributed by atoms with Crippen LogP contribution in [0.15, 0.2) is 18.2 Å². The minimum absolute atomic E-state index is 0.0741. The molecule has 0 aromatic heterocycles. The number of hydrogen-bond donors (Lipinski definition) is 1. The summed E-state index contributed by atoms with van der Waals surface area (Å²) in [5.41, 5.74) is 0.633. The minimum atomic E-state index is -0.148. The van der Waals surface area contributed by atoms with Gasteiger partial charge in [0.25, 0.3) is 0 Å². The van der Waals surface area contributed by atoms with E-state index < -0.39 is 0 Å². The Morgan fingerprint density at radius 1 is 1.24 bits per heavy atom. The second-order valence-electron chi connectivity index (χ2n) is 5.22. The SMILES string of the molecule is CC(=O)N(CCC(=O)NCC(C)C)c1ccc(Cl)c(Cl)c1. The number of hydrogen-bond acceptors (Lipinski definition) is 2. The summed E-state index contributed by atoms with van der Waals surface area (Å²) in [6, 6.07) is 4.97. The Hall–Kier alpha value is -1.26. The van der Waals surface area contributed by atoms with Gasteiger partial charge in [0, 0.05) is 32.1 Å². The Labute approximate surface area is 135 Å². The highest BCUT2D eigenvalue weighted by atomic mass is 35.5. The van der Waals surface area contributed by atoms with Crippen LogP contribution in [0.5, 0.6) is 0 Å². The maximum atomic E-state index is 11.7. The Morgan fingerprint density at radius 2 is 1.90 bits per heavy atom. The van der Waals surface area contributed by atoms with Crippen molar-refractivity contribution in [3.8, 4) is 0 Å². The molecule has 0 aliphatic carbocycles. The van der Waals surface area contributed by atoms with Gasteiger partial charge in [-0.3, -0.25) is 9.59 Å². The first-order valence-electron chi connectivity index (χ1n) is 6.81. The molecule has 1 N–H and O–H groups in total. The first-order valence-corrected chi connectivity index (χ1v) is 7.56. The zero-order valence-corrected chi connectivity index (χ0v) is 14.0. The molecule has 0 saturated carbocycles. The van der Waals surface area contributed by atoms with Crippen molar-refractivity contribution < 1.29 is 9.59 Å². The smallest absolute Gasteiger partial charge is 0.223 e. The van der Waals surface area contributed by atoms with Crippen LogP contribution in [0, 0.1) is 5.92 Å². The van der Waals surface area contributed by atoms with Crippen LogP contribution in [0.3, 0.4) is 0 Å². The quantitative estimate of drug-likeness (QED) is 0.867. The van der Waals surface area contributed by atoms with Gasteiger partial charge in [0.05, 0.1) is 10.0 Å². The molecule has 21 heavy (non-hydrogen) atoms. The number of benzene rings is 1. The number of halogens is 2. The molecule has 1 aromatic rings. The summed E-state index contributed by atoms with van der Waals surface area (Å²) in [5.74, 6) is 0.174. The highest BCUT2D eigenvalue weighted by Gasteiger charge is 2.14. The van der Waals surface area contributed by atoms with Crippen molar-refractivity contribution in [2.45, 2.75) is 27.2 Å². The van der Waals surface area contributed by atoms with Crippen molar-refractivity contribution in [1.82, 2.24) is 5.32 Å². The first-order chi connectivity index (χ1) is 9.81. The van der Waals surface area contributed by atoms with E-state index in [1.807, 2.05) is 13.8 Å². The summed E-state index contributed by atoms with van der Waals surface area (Å²) in [7, 11) is 0. The van der Waals surface area contributed by atoms with E-state index >= 15 is 0 Å². The van der Waals surface area contributed by atoms with E-state index in [1.54, 1.807) is 18.2 Å². The number of nitrogens with one attached hydrogen (secondary N) is 1. The van der Waals surface area contributed by atoms with Gasteiger partial charge in [0.2, 0.25) is 11.8 Å². The Balaban J connectivity index is 2.68. The lowest BCUT2D eigenvalue weighted by atomic mass is 10.2. The first kappa shape index (κ1) is 17.8. The van der Waals surface area contributed by atoms with Gasteiger partial charge in [-0.2, -0.15) is 0 Å². The van der Waals surface area contributed by atoms with Crippen LogP contribution < -0.4 is 10.2 Å². The van der Waals surface area contributed by atoms with E-state index in [1.165, 1.54) is 11.8 Å². The normalized spacial score (nSPS) is 10.6. The molecule has 0 aliphatic heterocycles. The monoisotopic (exact) mass is 330 g/mol. The van der Waals surface area contributed by atoms with Gasteiger partial charge in [0.1, 0.15) is 0 Å². The molecule has 0 aliphatic rings. The van der Waals surface area contributed by atoms with Gasteiger partial charge < -0.3 is 10.2 Å². The topological polar surface area (TPSA) is 49.4 Å². The summed E-state index contributed by atoms with van der Waals surface area (Å²) >= 11 is 11.8. The number of nitrogens with zero attached hydrogens (tertiary/aromatic N) is 1. The van der Waals surface area contributed by atoms with Crippen LogP contribution in [0.4, 0.5) is 5.69 Å². The van der Waals surface area contributed by atoms with Crippen LogP contribution in [0.1, 0.15) is 27.2 Å². The number of carbonyl (C=O) groups is 2. The summed E-state index contributed by atoms with van der Waals surface area (Å²) in [4.78, 5) is 25.0. The standard InChI is InChI=1S/C15H20Cl2N2O2/c1-10(2)9-18-15(21)6-7-19(11(3)20)12-4-5-13(16)14(17)8-12/h4-5,8,10H,6-7,9H2,1-3H3,(H,18,21). The third-order valence-electron chi connectivity index (χ3n) is 2.86. The molecule has 0 radical (unpaired) electrons. The molecule has 0 saturated heterocycles. The number of amides is 2. The molecule has 0 bridgehead atoms. The zero-order valence-electron chi connectivity index (χ0n) is 12.5. The lowest BCUT2D eigenvalue weighted by Gasteiger charge is -2.21. The molecule has 0 heterocycles. The number of rotatable bonds is 6. The fourth-order valence-electron chi connectivity index (χ4n) is 1.74. The van der Waals surface area contributed by atoms with Crippen LogP contribution in [0.2, 0.25) is 10.0 Å². The van der Waals surface area contributed by atoms with Crippen LogP contribution >= 0.6 is 23.2 Å². The van der Waals surface area contributed by atoms with E-state index in [4.69, 9.17) is 23.2 Å². The molecule has 6 heteroatoms. The number of carbonyl (C=O) groups excluding carboxylic acids is 2. The van der Waals surface area contributed by atoms with E-state index in [0.29, 0.717) is 34.7 Å². The Bertz CT molecular complexity index is 518. The van der Waals surface area contributed by atoms with Crippen molar-refractivity contribution in [2.75, 3.05) is 18.0 Å². The van der Waals surface area contributed by atoms with E-state index in [9.17, 15) is 9.59 Å². The molecule has 1 rings (SSSR count). The van der Waals surface area contributed by atoms with Gasteiger partial charge >= 0.3 is 0 Å². The summed E-state index contributed by atoms with van der Waals surface area (Å²) in [5, 5.41) is 3.63. The van der Waals surface area contributed by atoms with Crippen molar-refractivity contribution >= 4 is 40.7 Å². The summed E-state index contributed by atoms with van der Waals surface area (Å²) in [6.45, 7) is 6.44. The minimum Gasteiger partial charge on any atom is -0.356 e. The van der Waals surface area contributed by atoms with E-state index in [0.717, 1.165) is 0 Å².